The van der Waals surface area contributed by atoms with Crippen molar-refractivity contribution in [3.05, 3.63) is 76.9 Å². The summed E-state index contributed by atoms with van der Waals surface area (Å²) in [5, 5.41) is 16.1. The third-order valence-electron chi connectivity index (χ3n) is 6.42. The molecule has 4 rings (SSSR count). The number of carboxylic acids is 2. The lowest BCUT2D eigenvalue weighted by molar-refractivity contribution is -0.192. The van der Waals surface area contributed by atoms with Crippen LogP contribution in [-0.2, 0) is 35.6 Å². The Hall–Kier alpha value is -4.06. The monoisotopic (exact) mass is 577 g/mol. The van der Waals surface area contributed by atoms with E-state index >= 15 is 0 Å². The number of carboxylic acid groups (broad SMARTS) is 2. The molecule has 1 atom stereocenters. The molecule has 1 aliphatic heterocycles. The van der Waals surface area contributed by atoms with Crippen molar-refractivity contribution in [2.45, 2.75) is 52.4 Å². The standard InChI is InChI=1S/C27H30FN3O3.C2HF3O2/c1-3-19-6-4-5-7-20(19)17-34-22-8-9-23(24(28)13-22)27-29-14-21-16-31(11-10-25(21)30-27)15-18(2)12-26(32)33;3-2(4,5)1(6)7/h4-9,13-14,18H,3,10-12,15-17H2,1-2H3,(H,32,33);(H,6,7). The number of benzene rings is 2. The van der Waals surface area contributed by atoms with E-state index in [2.05, 4.69) is 27.9 Å². The van der Waals surface area contributed by atoms with Crippen molar-refractivity contribution in [3.63, 3.8) is 0 Å². The van der Waals surface area contributed by atoms with Crippen LogP contribution >= 0.6 is 0 Å². The molecule has 0 radical (unpaired) electrons. The van der Waals surface area contributed by atoms with Crippen LogP contribution in [0.5, 0.6) is 5.75 Å². The van der Waals surface area contributed by atoms with E-state index in [0.29, 0.717) is 36.8 Å². The molecule has 1 unspecified atom stereocenters. The van der Waals surface area contributed by atoms with Crippen molar-refractivity contribution < 1.29 is 42.1 Å². The highest BCUT2D eigenvalue weighted by atomic mass is 19.4. The average molecular weight is 578 g/mol. The first-order valence-corrected chi connectivity index (χ1v) is 13.0. The van der Waals surface area contributed by atoms with Crippen molar-refractivity contribution in [1.82, 2.24) is 14.9 Å². The lowest BCUT2D eigenvalue weighted by Gasteiger charge is -2.29. The van der Waals surface area contributed by atoms with Gasteiger partial charge in [-0.25, -0.2) is 19.2 Å². The van der Waals surface area contributed by atoms with E-state index in [-0.39, 0.29) is 12.3 Å². The highest BCUT2D eigenvalue weighted by molar-refractivity contribution is 5.73. The van der Waals surface area contributed by atoms with Gasteiger partial charge in [0.25, 0.3) is 0 Å². The van der Waals surface area contributed by atoms with Crippen molar-refractivity contribution in [1.29, 1.82) is 0 Å². The molecule has 0 aliphatic carbocycles. The molecule has 1 aromatic heterocycles. The minimum Gasteiger partial charge on any atom is -0.489 e. The van der Waals surface area contributed by atoms with Crippen molar-refractivity contribution in [3.8, 4) is 17.1 Å². The molecule has 0 spiro atoms. The Bertz CT molecular complexity index is 1370. The maximum atomic E-state index is 14.9. The zero-order valence-corrected chi connectivity index (χ0v) is 22.6. The number of nitrogens with zero attached hydrogens (tertiary/aromatic N) is 3. The molecule has 0 saturated carbocycles. The average Bonchev–Trinajstić information content (AvgIpc) is 2.91. The molecule has 2 heterocycles. The Morgan fingerprint density at radius 1 is 1.12 bits per heavy atom. The number of alkyl halides is 3. The summed E-state index contributed by atoms with van der Waals surface area (Å²) in [6.45, 7) is 6.62. The summed E-state index contributed by atoms with van der Waals surface area (Å²) in [5.74, 6) is -3.04. The molecule has 0 fully saturated rings. The SMILES string of the molecule is CCc1ccccc1COc1ccc(-c2ncc3c(n2)CCN(CC(C)CC(=O)O)C3)c(F)c1.O=C(O)C(F)(F)F. The second-order valence-electron chi connectivity index (χ2n) is 9.71. The summed E-state index contributed by atoms with van der Waals surface area (Å²) in [7, 11) is 0. The molecule has 12 heteroatoms. The molecular weight excluding hydrogens is 546 g/mol. The summed E-state index contributed by atoms with van der Waals surface area (Å²) in [4.78, 5) is 31.1. The Balaban J connectivity index is 0.000000587. The van der Waals surface area contributed by atoms with Crippen LogP contribution in [0.25, 0.3) is 11.4 Å². The van der Waals surface area contributed by atoms with Gasteiger partial charge >= 0.3 is 18.1 Å². The van der Waals surface area contributed by atoms with E-state index < -0.39 is 23.9 Å². The first kappa shape index (κ1) is 31.5. The number of aliphatic carboxylic acids is 2. The molecule has 3 aromatic rings. The van der Waals surface area contributed by atoms with Crippen molar-refractivity contribution >= 4 is 11.9 Å². The third-order valence-corrected chi connectivity index (χ3v) is 6.42. The maximum Gasteiger partial charge on any atom is 0.490 e. The topological polar surface area (TPSA) is 113 Å². The number of aryl methyl sites for hydroxylation is 1. The molecule has 1 aliphatic rings. The maximum absolute atomic E-state index is 14.9. The van der Waals surface area contributed by atoms with Gasteiger partial charge in [0.05, 0.1) is 11.3 Å². The second kappa shape index (κ2) is 14.0. The zero-order chi connectivity index (χ0) is 30.2. The highest BCUT2D eigenvalue weighted by Crippen LogP contribution is 2.27. The van der Waals surface area contributed by atoms with Gasteiger partial charge in [0, 0.05) is 50.3 Å². The molecule has 2 aromatic carbocycles. The fourth-order valence-corrected chi connectivity index (χ4v) is 4.43. The summed E-state index contributed by atoms with van der Waals surface area (Å²) in [6, 6.07) is 12.9. The fourth-order valence-electron chi connectivity index (χ4n) is 4.43. The lowest BCUT2D eigenvalue weighted by atomic mass is 10.0. The number of aromatic nitrogens is 2. The highest BCUT2D eigenvalue weighted by Gasteiger charge is 2.38. The molecule has 0 bridgehead atoms. The zero-order valence-electron chi connectivity index (χ0n) is 22.6. The van der Waals surface area contributed by atoms with Crippen LogP contribution in [0.2, 0.25) is 0 Å². The summed E-state index contributed by atoms with van der Waals surface area (Å²) in [5.41, 5.74) is 4.59. The smallest absolute Gasteiger partial charge is 0.489 e. The summed E-state index contributed by atoms with van der Waals surface area (Å²) < 4.78 is 52.5. The van der Waals surface area contributed by atoms with E-state index in [1.54, 1.807) is 18.3 Å². The van der Waals surface area contributed by atoms with Crippen molar-refractivity contribution in [2.75, 3.05) is 13.1 Å². The van der Waals surface area contributed by atoms with Gasteiger partial charge in [-0.15, -0.1) is 0 Å². The van der Waals surface area contributed by atoms with Crippen LogP contribution in [0.4, 0.5) is 17.6 Å². The van der Waals surface area contributed by atoms with Crippen LogP contribution in [0.1, 0.15) is 42.7 Å². The van der Waals surface area contributed by atoms with Gasteiger partial charge in [0.1, 0.15) is 18.2 Å². The Kier molecular flexibility index (Phi) is 10.8. The number of rotatable bonds is 9. The van der Waals surface area contributed by atoms with Gasteiger partial charge < -0.3 is 14.9 Å². The lowest BCUT2D eigenvalue weighted by Crippen LogP contribution is -2.35. The van der Waals surface area contributed by atoms with Gasteiger partial charge in [0.15, 0.2) is 5.82 Å². The number of hydrogen-bond donors (Lipinski definition) is 2. The largest absolute Gasteiger partial charge is 0.490 e. The number of halogens is 4. The Labute approximate surface area is 234 Å². The van der Waals surface area contributed by atoms with Crippen molar-refractivity contribution in [2.24, 2.45) is 5.92 Å². The number of ether oxygens (including phenoxy) is 1. The van der Waals surface area contributed by atoms with E-state index in [1.165, 1.54) is 11.6 Å². The molecular formula is C29H31F4N3O5. The minimum absolute atomic E-state index is 0.0736. The Morgan fingerprint density at radius 2 is 1.80 bits per heavy atom. The van der Waals surface area contributed by atoms with E-state index in [9.17, 15) is 22.4 Å². The van der Waals surface area contributed by atoms with Gasteiger partial charge in [-0.3, -0.25) is 9.69 Å². The predicted molar refractivity (Wildman–Crippen MR) is 142 cm³/mol. The van der Waals surface area contributed by atoms with E-state index in [4.69, 9.17) is 19.7 Å². The van der Waals surface area contributed by atoms with Gasteiger partial charge in [-0.05, 0) is 35.6 Å². The van der Waals surface area contributed by atoms with Gasteiger partial charge in [-0.1, -0.05) is 38.1 Å². The molecule has 2 N–H and O–H groups in total. The molecule has 220 valence electrons. The van der Waals surface area contributed by atoms with Crippen LogP contribution in [0.3, 0.4) is 0 Å². The van der Waals surface area contributed by atoms with Gasteiger partial charge in [0.2, 0.25) is 0 Å². The quantitative estimate of drug-likeness (QED) is 0.320. The van der Waals surface area contributed by atoms with E-state index in [0.717, 1.165) is 36.2 Å². The minimum atomic E-state index is -5.08. The number of carbonyl (C=O) groups is 2. The molecule has 0 amide bonds. The first-order chi connectivity index (χ1) is 19.4. The van der Waals surface area contributed by atoms with Crippen LogP contribution in [0, 0.1) is 11.7 Å². The number of hydrogen-bond acceptors (Lipinski definition) is 6. The summed E-state index contributed by atoms with van der Waals surface area (Å²) in [6.07, 6.45) is -1.52. The molecule has 41 heavy (non-hydrogen) atoms. The third kappa shape index (κ3) is 9.24. The van der Waals surface area contributed by atoms with Gasteiger partial charge in [-0.2, -0.15) is 13.2 Å². The molecule has 0 saturated heterocycles. The molecule has 8 nitrogen and oxygen atoms in total. The summed E-state index contributed by atoms with van der Waals surface area (Å²) >= 11 is 0. The van der Waals surface area contributed by atoms with Crippen LogP contribution in [0.15, 0.2) is 48.7 Å². The second-order valence-corrected chi connectivity index (χ2v) is 9.71. The predicted octanol–water partition coefficient (Wildman–Crippen LogP) is 5.53. The van der Waals surface area contributed by atoms with E-state index in [1.807, 2.05) is 25.1 Å². The Morgan fingerprint density at radius 3 is 2.41 bits per heavy atom. The fraction of sp³-hybridized carbons (Fsp3) is 0.379. The first-order valence-electron chi connectivity index (χ1n) is 13.0. The number of fused-ring (bicyclic) bond motifs is 1. The van der Waals surface area contributed by atoms with Crippen LogP contribution in [-0.4, -0.2) is 56.3 Å². The van der Waals surface area contributed by atoms with Crippen LogP contribution < -0.4 is 4.74 Å². The normalized spacial score (nSPS) is 13.9.